The molecule has 1 aliphatic rings. The Labute approximate surface area is 106 Å². The molecule has 0 saturated carbocycles. The molecule has 0 amide bonds. The molecule has 1 aliphatic heterocycles. The third-order valence-electron chi connectivity index (χ3n) is 2.63. The SMILES string of the molecule is CCS(=O)(=O)CC1OC(=O)OC1CS(=O)(=O)CC. The molecule has 1 fully saturated rings. The Morgan fingerprint density at radius 3 is 1.50 bits per heavy atom. The molecule has 0 N–H and O–H groups in total. The minimum absolute atomic E-state index is 0.103. The maximum absolute atomic E-state index is 11.4. The van der Waals surface area contributed by atoms with Gasteiger partial charge in [-0.2, -0.15) is 0 Å². The molecular formula is C9H16O7S2. The average molecular weight is 300 g/mol. The molecule has 0 spiro atoms. The van der Waals surface area contributed by atoms with Crippen LogP contribution in [0.25, 0.3) is 0 Å². The summed E-state index contributed by atoms with van der Waals surface area (Å²) in [5.41, 5.74) is 0. The maximum Gasteiger partial charge on any atom is 0.509 e. The number of rotatable bonds is 6. The van der Waals surface area contributed by atoms with Crippen molar-refractivity contribution in [3.8, 4) is 0 Å². The van der Waals surface area contributed by atoms with Crippen molar-refractivity contribution < 1.29 is 31.1 Å². The molecule has 0 radical (unpaired) electrons. The van der Waals surface area contributed by atoms with Crippen molar-refractivity contribution in [2.45, 2.75) is 26.1 Å². The van der Waals surface area contributed by atoms with Crippen LogP contribution < -0.4 is 0 Å². The third-order valence-corrected chi connectivity index (χ3v) is 6.06. The Bertz CT molecular complexity index is 459. The highest BCUT2D eigenvalue weighted by atomic mass is 32.2. The summed E-state index contributed by atoms with van der Waals surface area (Å²) in [6.45, 7) is 2.93. The van der Waals surface area contributed by atoms with E-state index in [4.69, 9.17) is 9.47 Å². The molecule has 2 atom stereocenters. The minimum Gasteiger partial charge on any atom is -0.426 e. The number of ether oxygens (including phenoxy) is 2. The van der Waals surface area contributed by atoms with Gasteiger partial charge in [-0.05, 0) is 0 Å². The highest BCUT2D eigenvalue weighted by Crippen LogP contribution is 2.19. The van der Waals surface area contributed by atoms with Crippen LogP contribution in [0.5, 0.6) is 0 Å². The Kier molecular flexibility index (Phi) is 4.60. The van der Waals surface area contributed by atoms with E-state index in [-0.39, 0.29) is 11.5 Å². The van der Waals surface area contributed by atoms with Crippen LogP contribution in [0, 0.1) is 0 Å². The van der Waals surface area contributed by atoms with Gasteiger partial charge in [-0.15, -0.1) is 0 Å². The van der Waals surface area contributed by atoms with Gasteiger partial charge in [0.15, 0.2) is 31.9 Å². The van der Waals surface area contributed by atoms with Gasteiger partial charge in [0, 0.05) is 11.5 Å². The molecule has 1 rings (SSSR count). The molecule has 106 valence electrons. The number of carbonyl (C=O) groups excluding carboxylic acids is 1. The van der Waals surface area contributed by atoms with Gasteiger partial charge in [-0.25, -0.2) is 21.6 Å². The van der Waals surface area contributed by atoms with Crippen molar-refractivity contribution in [1.29, 1.82) is 0 Å². The monoisotopic (exact) mass is 300 g/mol. The van der Waals surface area contributed by atoms with Gasteiger partial charge in [0.05, 0.1) is 11.5 Å². The standard InChI is InChI=1S/C9H16O7S2/c1-3-17(11,12)5-7-8(16-9(10)15-7)6-18(13,14)4-2/h7-8H,3-6H2,1-2H3. The highest BCUT2D eigenvalue weighted by molar-refractivity contribution is 7.91. The van der Waals surface area contributed by atoms with Gasteiger partial charge in [-0.1, -0.05) is 13.8 Å². The van der Waals surface area contributed by atoms with Crippen molar-refractivity contribution in [3.05, 3.63) is 0 Å². The second-order valence-electron chi connectivity index (χ2n) is 3.96. The quantitative estimate of drug-likeness (QED) is 0.623. The molecule has 1 heterocycles. The summed E-state index contributed by atoms with van der Waals surface area (Å²) in [5, 5.41) is 0. The van der Waals surface area contributed by atoms with Gasteiger partial charge < -0.3 is 9.47 Å². The summed E-state index contributed by atoms with van der Waals surface area (Å²) in [6, 6.07) is 0. The Balaban J connectivity index is 2.80. The first-order chi connectivity index (χ1) is 8.19. The van der Waals surface area contributed by atoms with Crippen LogP contribution in [-0.2, 0) is 29.1 Å². The van der Waals surface area contributed by atoms with E-state index in [1.807, 2.05) is 0 Å². The molecule has 0 aliphatic carbocycles. The van der Waals surface area contributed by atoms with Crippen molar-refractivity contribution in [1.82, 2.24) is 0 Å². The first-order valence-electron chi connectivity index (χ1n) is 5.47. The van der Waals surface area contributed by atoms with Crippen LogP contribution in [0.2, 0.25) is 0 Å². The normalized spacial score (nSPS) is 24.7. The van der Waals surface area contributed by atoms with E-state index in [0.717, 1.165) is 0 Å². The predicted molar refractivity (Wildman–Crippen MR) is 63.8 cm³/mol. The van der Waals surface area contributed by atoms with Gasteiger partial charge in [0.2, 0.25) is 0 Å². The van der Waals surface area contributed by atoms with Crippen molar-refractivity contribution in [2.24, 2.45) is 0 Å². The molecule has 1 saturated heterocycles. The van der Waals surface area contributed by atoms with Crippen LogP contribution in [0.3, 0.4) is 0 Å². The van der Waals surface area contributed by atoms with Crippen molar-refractivity contribution in [3.63, 3.8) is 0 Å². The zero-order valence-electron chi connectivity index (χ0n) is 10.2. The summed E-state index contributed by atoms with van der Waals surface area (Å²) in [4.78, 5) is 11.0. The van der Waals surface area contributed by atoms with Crippen LogP contribution in [0.4, 0.5) is 4.79 Å². The van der Waals surface area contributed by atoms with E-state index >= 15 is 0 Å². The molecule has 2 unspecified atom stereocenters. The molecular weight excluding hydrogens is 284 g/mol. The fourth-order valence-electron chi connectivity index (χ4n) is 1.45. The van der Waals surface area contributed by atoms with E-state index in [9.17, 15) is 21.6 Å². The fourth-order valence-corrected chi connectivity index (χ4v) is 3.48. The molecule has 18 heavy (non-hydrogen) atoms. The Morgan fingerprint density at radius 1 is 0.889 bits per heavy atom. The summed E-state index contributed by atoms with van der Waals surface area (Å²) in [6.07, 6.45) is -3.13. The van der Waals surface area contributed by atoms with Crippen molar-refractivity contribution in [2.75, 3.05) is 23.0 Å². The first-order valence-corrected chi connectivity index (χ1v) is 9.11. The summed E-state index contributed by atoms with van der Waals surface area (Å²) < 4.78 is 55.2. The molecule has 0 aromatic heterocycles. The predicted octanol–water partition coefficient (Wildman–Crippen LogP) is -0.240. The maximum atomic E-state index is 11.4. The van der Waals surface area contributed by atoms with Gasteiger partial charge in [0.25, 0.3) is 0 Å². The number of hydrogen-bond acceptors (Lipinski definition) is 7. The molecule has 9 heteroatoms. The van der Waals surface area contributed by atoms with Crippen LogP contribution in [-0.4, -0.2) is 58.2 Å². The van der Waals surface area contributed by atoms with Gasteiger partial charge in [0.1, 0.15) is 0 Å². The fraction of sp³-hybridized carbons (Fsp3) is 0.889. The summed E-state index contributed by atoms with van der Waals surface area (Å²) >= 11 is 0. The van der Waals surface area contributed by atoms with Gasteiger partial charge >= 0.3 is 6.16 Å². The third kappa shape index (κ3) is 4.13. The minimum atomic E-state index is -3.37. The molecule has 0 bridgehead atoms. The Morgan fingerprint density at radius 2 is 1.22 bits per heavy atom. The van der Waals surface area contributed by atoms with E-state index in [0.29, 0.717) is 0 Å². The smallest absolute Gasteiger partial charge is 0.426 e. The molecule has 0 aromatic carbocycles. The highest BCUT2D eigenvalue weighted by Gasteiger charge is 2.41. The topological polar surface area (TPSA) is 104 Å². The second-order valence-corrected chi connectivity index (χ2v) is 8.76. The largest absolute Gasteiger partial charge is 0.509 e. The van der Waals surface area contributed by atoms with Crippen LogP contribution >= 0.6 is 0 Å². The average Bonchev–Trinajstić information content (AvgIpc) is 2.57. The number of cyclic esters (lactones) is 2. The number of carbonyl (C=O) groups is 1. The zero-order chi connectivity index (χ0) is 14.0. The summed E-state index contributed by atoms with van der Waals surface area (Å²) in [5.74, 6) is -1.04. The van der Waals surface area contributed by atoms with Crippen LogP contribution in [0.15, 0.2) is 0 Å². The lowest BCUT2D eigenvalue weighted by molar-refractivity contribution is 0.119. The number of hydrogen-bond donors (Lipinski definition) is 0. The van der Waals surface area contributed by atoms with Crippen molar-refractivity contribution >= 4 is 25.8 Å². The zero-order valence-corrected chi connectivity index (χ0v) is 11.8. The molecule has 7 nitrogen and oxygen atoms in total. The lowest BCUT2D eigenvalue weighted by atomic mass is 10.3. The Hall–Kier alpha value is -0.830. The second kappa shape index (κ2) is 5.43. The first kappa shape index (κ1) is 15.2. The van der Waals surface area contributed by atoms with Crippen LogP contribution in [0.1, 0.15) is 13.8 Å². The molecule has 0 aromatic rings. The van der Waals surface area contributed by atoms with E-state index in [1.54, 1.807) is 0 Å². The van der Waals surface area contributed by atoms with Gasteiger partial charge in [-0.3, -0.25) is 0 Å². The lowest BCUT2D eigenvalue weighted by Crippen LogP contribution is -2.36. The van der Waals surface area contributed by atoms with E-state index < -0.39 is 49.5 Å². The van der Waals surface area contributed by atoms with E-state index in [1.165, 1.54) is 13.8 Å². The summed E-state index contributed by atoms with van der Waals surface area (Å²) in [7, 11) is -6.75. The number of sulfone groups is 2. The van der Waals surface area contributed by atoms with E-state index in [2.05, 4.69) is 0 Å². The lowest BCUT2D eigenvalue weighted by Gasteiger charge is -2.14.